The number of hydrogen-bond donors (Lipinski definition) is 1. The molecule has 1 aliphatic heterocycles. The van der Waals surface area contributed by atoms with E-state index in [1.165, 1.54) is 4.90 Å². The number of rotatable bonds is 7. The molecule has 1 atom stereocenters. The van der Waals surface area contributed by atoms with E-state index in [-0.39, 0.29) is 18.9 Å². The lowest BCUT2D eigenvalue weighted by atomic mass is 9.88. The summed E-state index contributed by atoms with van der Waals surface area (Å²) in [5, 5.41) is 10.2. The summed E-state index contributed by atoms with van der Waals surface area (Å²) in [5.74, 6) is -1.04. The first kappa shape index (κ1) is 24.3. The van der Waals surface area contributed by atoms with Crippen LogP contribution in [0.5, 0.6) is 5.75 Å². The summed E-state index contributed by atoms with van der Waals surface area (Å²) < 4.78 is 7.35. The summed E-state index contributed by atoms with van der Waals surface area (Å²) in [6.45, 7) is 2.70. The van der Waals surface area contributed by atoms with Gasteiger partial charge in [-0.3, -0.25) is 4.79 Å². The number of carboxylic acid groups (broad SMARTS) is 1. The van der Waals surface area contributed by atoms with Crippen LogP contribution in [0.1, 0.15) is 39.6 Å². The van der Waals surface area contributed by atoms with Crippen LogP contribution in [0.2, 0.25) is 0 Å². The predicted octanol–water partition coefficient (Wildman–Crippen LogP) is 4.42. The summed E-state index contributed by atoms with van der Waals surface area (Å²) in [6.07, 6.45) is 1.94. The van der Waals surface area contributed by atoms with Gasteiger partial charge >= 0.3 is 5.97 Å². The van der Waals surface area contributed by atoms with Gasteiger partial charge in [0.1, 0.15) is 11.8 Å². The number of aryl methyl sites for hydroxylation is 1. The summed E-state index contributed by atoms with van der Waals surface area (Å²) in [6, 6.07) is 24.0. The number of hydrogen-bond acceptors (Lipinski definition) is 4. The van der Waals surface area contributed by atoms with Gasteiger partial charge in [0.15, 0.2) is 0 Å². The van der Waals surface area contributed by atoms with Crippen molar-refractivity contribution in [3.63, 3.8) is 0 Å². The van der Waals surface area contributed by atoms with E-state index >= 15 is 0 Å². The number of carboxylic acids is 1. The number of methoxy groups -OCH3 is 1. The number of amides is 1. The van der Waals surface area contributed by atoms with Crippen LogP contribution in [-0.4, -0.2) is 44.6 Å². The fourth-order valence-electron chi connectivity index (χ4n) is 5.14. The molecule has 0 fully saturated rings. The third-order valence-electron chi connectivity index (χ3n) is 7.01. The van der Waals surface area contributed by atoms with Crippen molar-refractivity contribution in [2.75, 3.05) is 7.11 Å². The molecule has 7 heteroatoms. The first-order chi connectivity index (χ1) is 18.0. The van der Waals surface area contributed by atoms with Crippen LogP contribution in [0.4, 0.5) is 0 Å². The highest BCUT2D eigenvalue weighted by molar-refractivity contribution is 5.91. The summed E-state index contributed by atoms with van der Waals surface area (Å²) >= 11 is 0. The Bertz CT molecular complexity index is 1380. The number of ether oxygens (including phenoxy) is 1. The Labute approximate surface area is 216 Å². The van der Waals surface area contributed by atoms with Crippen LogP contribution in [-0.2, 0) is 29.1 Å². The molecule has 1 N–H and O–H groups in total. The lowest BCUT2D eigenvalue weighted by molar-refractivity contribution is -0.151. The van der Waals surface area contributed by atoms with Crippen molar-refractivity contribution in [2.45, 2.75) is 38.4 Å². The normalized spacial score (nSPS) is 14.9. The Morgan fingerprint density at radius 1 is 1.03 bits per heavy atom. The molecule has 0 bridgehead atoms. The Hall–Kier alpha value is -4.39. The Morgan fingerprint density at radius 3 is 2.24 bits per heavy atom. The zero-order valence-electron chi connectivity index (χ0n) is 20.9. The smallest absolute Gasteiger partial charge is 0.326 e. The Balaban J connectivity index is 1.47. The average Bonchev–Trinajstić information content (AvgIpc) is 3.31. The van der Waals surface area contributed by atoms with Crippen LogP contribution in [0.15, 0.2) is 85.2 Å². The first-order valence-electron chi connectivity index (χ1n) is 12.3. The number of carbonyl (C=O) groups excluding carboxylic acids is 1. The number of nitrogens with zero attached hydrogens (tertiary/aromatic N) is 3. The molecular weight excluding hydrogens is 466 g/mol. The zero-order chi connectivity index (χ0) is 25.9. The molecular formula is C30H29N3O4. The Morgan fingerprint density at radius 2 is 1.68 bits per heavy atom. The lowest BCUT2D eigenvalue weighted by Crippen LogP contribution is -2.50. The predicted molar refractivity (Wildman–Crippen MR) is 139 cm³/mol. The zero-order valence-corrected chi connectivity index (χ0v) is 20.9. The number of aromatic nitrogens is 2. The van der Waals surface area contributed by atoms with E-state index < -0.39 is 17.9 Å². The Kier molecular flexibility index (Phi) is 6.77. The number of carbonyl (C=O) groups is 2. The van der Waals surface area contributed by atoms with Gasteiger partial charge in [-0.2, -0.15) is 0 Å². The van der Waals surface area contributed by atoms with E-state index in [2.05, 4.69) is 11.1 Å². The van der Waals surface area contributed by atoms with E-state index in [9.17, 15) is 14.7 Å². The maximum Gasteiger partial charge on any atom is 0.326 e. The van der Waals surface area contributed by atoms with E-state index in [1.54, 1.807) is 13.4 Å². The molecule has 2 heterocycles. The minimum Gasteiger partial charge on any atom is -0.496 e. The molecule has 1 aromatic heterocycles. The average molecular weight is 496 g/mol. The van der Waals surface area contributed by atoms with E-state index in [4.69, 9.17) is 4.74 Å². The van der Waals surface area contributed by atoms with E-state index in [0.717, 1.165) is 39.4 Å². The first-order valence-corrected chi connectivity index (χ1v) is 12.3. The maximum atomic E-state index is 14.0. The van der Waals surface area contributed by atoms with Crippen molar-refractivity contribution < 1.29 is 19.4 Å². The second-order valence-corrected chi connectivity index (χ2v) is 9.35. The fourth-order valence-corrected chi connectivity index (χ4v) is 5.14. The largest absolute Gasteiger partial charge is 0.496 e. The van der Waals surface area contributed by atoms with Crippen LogP contribution in [0, 0.1) is 6.92 Å². The molecule has 1 unspecified atom stereocenters. The minimum absolute atomic E-state index is 0.149. The number of benzene rings is 3. The molecule has 0 spiro atoms. The van der Waals surface area contributed by atoms with Gasteiger partial charge in [-0.25, -0.2) is 9.78 Å². The second kappa shape index (κ2) is 10.3. The standard InChI is InChI=1S/C30H29N3O4/c1-20-15-21(13-14-27(20)37-2)17-32-19-31-24-18-33(26(30(35)36)16-25(24)32)29(34)28(22-9-5-3-6-10-22)23-11-7-4-8-12-23/h3-15,19,26,28H,16-18H2,1-2H3,(H,35,36). The molecule has 1 amide bonds. The van der Waals surface area contributed by atoms with Crippen LogP contribution in [0.25, 0.3) is 0 Å². The van der Waals surface area contributed by atoms with Crippen molar-refractivity contribution in [3.8, 4) is 5.75 Å². The highest BCUT2D eigenvalue weighted by atomic mass is 16.5. The van der Waals surface area contributed by atoms with E-state index in [0.29, 0.717) is 6.54 Å². The monoisotopic (exact) mass is 495 g/mol. The number of imidazole rings is 1. The summed E-state index contributed by atoms with van der Waals surface area (Å²) in [7, 11) is 1.65. The topological polar surface area (TPSA) is 84.7 Å². The minimum atomic E-state index is -1.02. The van der Waals surface area contributed by atoms with Crippen molar-refractivity contribution in [1.82, 2.24) is 14.5 Å². The van der Waals surface area contributed by atoms with Crippen molar-refractivity contribution in [3.05, 3.63) is 119 Å². The molecule has 0 aliphatic carbocycles. The molecule has 0 saturated heterocycles. The van der Waals surface area contributed by atoms with Crippen LogP contribution in [0.3, 0.4) is 0 Å². The van der Waals surface area contributed by atoms with Gasteiger partial charge in [0.25, 0.3) is 0 Å². The van der Waals surface area contributed by atoms with Crippen molar-refractivity contribution >= 4 is 11.9 Å². The third kappa shape index (κ3) is 4.85. The van der Waals surface area contributed by atoms with Gasteiger partial charge in [-0.15, -0.1) is 0 Å². The summed E-state index contributed by atoms with van der Waals surface area (Å²) in [4.78, 5) is 32.5. The molecule has 188 valence electrons. The molecule has 7 nitrogen and oxygen atoms in total. The lowest BCUT2D eigenvalue weighted by Gasteiger charge is -2.35. The SMILES string of the molecule is COc1ccc(Cn2cnc3c2CC(C(=O)O)N(C(=O)C(c2ccccc2)c2ccccc2)C3)cc1C. The molecule has 0 saturated carbocycles. The molecule has 4 aromatic rings. The second-order valence-electron chi connectivity index (χ2n) is 9.35. The summed E-state index contributed by atoms with van der Waals surface area (Å²) in [5.41, 5.74) is 5.33. The van der Waals surface area contributed by atoms with Gasteiger partial charge < -0.3 is 19.3 Å². The molecule has 5 rings (SSSR count). The highest BCUT2D eigenvalue weighted by Gasteiger charge is 2.40. The molecule has 0 radical (unpaired) electrons. The molecule has 1 aliphatic rings. The quantitative estimate of drug-likeness (QED) is 0.410. The number of fused-ring (bicyclic) bond motifs is 1. The van der Waals surface area contributed by atoms with Gasteiger partial charge in [-0.1, -0.05) is 72.8 Å². The van der Waals surface area contributed by atoms with Gasteiger partial charge in [0.2, 0.25) is 5.91 Å². The van der Waals surface area contributed by atoms with Gasteiger partial charge in [-0.05, 0) is 35.2 Å². The van der Waals surface area contributed by atoms with Crippen molar-refractivity contribution in [1.29, 1.82) is 0 Å². The van der Waals surface area contributed by atoms with Crippen LogP contribution >= 0.6 is 0 Å². The maximum absolute atomic E-state index is 14.0. The van der Waals surface area contributed by atoms with Gasteiger partial charge in [0.05, 0.1) is 31.6 Å². The van der Waals surface area contributed by atoms with E-state index in [1.807, 2.05) is 84.3 Å². The van der Waals surface area contributed by atoms with Gasteiger partial charge in [0, 0.05) is 18.7 Å². The molecule has 3 aromatic carbocycles. The third-order valence-corrected chi connectivity index (χ3v) is 7.01. The fraction of sp³-hybridized carbons (Fsp3) is 0.233. The van der Waals surface area contributed by atoms with Crippen LogP contribution < -0.4 is 4.74 Å². The van der Waals surface area contributed by atoms with Crippen molar-refractivity contribution in [2.24, 2.45) is 0 Å². The number of aliphatic carboxylic acids is 1. The highest BCUT2D eigenvalue weighted by Crippen LogP contribution is 2.32. The molecule has 37 heavy (non-hydrogen) atoms.